The van der Waals surface area contributed by atoms with E-state index in [0.29, 0.717) is 39.0 Å². The molecule has 1 aliphatic rings. The maximum absolute atomic E-state index is 13.5. The van der Waals surface area contributed by atoms with Crippen LogP contribution in [0.3, 0.4) is 0 Å². The molecule has 0 radical (unpaired) electrons. The SMILES string of the molecule is CC1=C(C(=O)Nc2ccc(Cl)cc2)C(c2ccccc2)n2ncc(C(=O)Nc3ccccc3)c2N1. The van der Waals surface area contributed by atoms with Gasteiger partial charge in [-0.2, -0.15) is 5.10 Å². The van der Waals surface area contributed by atoms with Crippen molar-refractivity contribution in [2.75, 3.05) is 16.0 Å². The van der Waals surface area contributed by atoms with E-state index in [1.807, 2.05) is 67.6 Å². The van der Waals surface area contributed by atoms with Crippen LogP contribution in [0.5, 0.6) is 0 Å². The van der Waals surface area contributed by atoms with Crippen LogP contribution in [0.4, 0.5) is 17.2 Å². The molecule has 1 unspecified atom stereocenters. The molecule has 0 spiro atoms. The number of nitrogens with zero attached hydrogens (tertiary/aromatic N) is 2. The first-order valence-electron chi connectivity index (χ1n) is 11.0. The standard InChI is InChI=1S/C27H22ClN5O2/c1-17-23(27(35)32-21-14-12-19(28)13-15-21)24(18-8-4-2-5-9-18)33-25(30-17)22(16-29-33)26(34)31-20-10-6-3-7-11-20/h2-16,24,30H,1H3,(H,31,34)(H,32,35). The number of carbonyl (C=O) groups is 2. The van der Waals surface area contributed by atoms with Crippen LogP contribution in [0.1, 0.15) is 28.9 Å². The number of nitrogens with one attached hydrogen (secondary N) is 3. The van der Waals surface area contributed by atoms with Crippen LogP contribution in [-0.2, 0) is 4.79 Å². The number of hydrogen-bond donors (Lipinski definition) is 3. The van der Waals surface area contributed by atoms with Gasteiger partial charge in [-0.3, -0.25) is 9.59 Å². The fourth-order valence-corrected chi connectivity index (χ4v) is 4.24. The van der Waals surface area contributed by atoms with E-state index in [9.17, 15) is 9.59 Å². The largest absolute Gasteiger partial charge is 0.343 e. The number of carbonyl (C=O) groups excluding carboxylic acids is 2. The quantitative estimate of drug-likeness (QED) is 0.339. The number of aromatic nitrogens is 2. The van der Waals surface area contributed by atoms with E-state index >= 15 is 0 Å². The van der Waals surface area contributed by atoms with Crippen molar-refractivity contribution in [3.8, 4) is 0 Å². The molecule has 3 aromatic carbocycles. The lowest BCUT2D eigenvalue weighted by Gasteiger charge is -2.30. The van der Waals surface area contributed by atoms with E-state index in [1.54, 1.807) is 28.9 Å². The van der Waals surface area contributed by atoms with E-state index < -0.39 is 6.04 Å². The number of anilines is 3. The van der Waals surface area contributed by atoms with Crippen LogP contribution in [-0.4, -0.2) is 21.6 Å². The maximum atomic E-state index is 13.5. The molecule has 4 aromatic rings. The van der Waals surface area contributed by atoms with Gasteiger partial charge in [0, 0.05) is 22.1 Å². The number of amides is 2. The van der Waals surface area contributed by atoms with E-state index in [0.717, 1.165) is 5.56 Å². The van der Waals surface area contributed by atoms with Gasteiger partial charge in [0.25, 0.3) is 11.8 Å². The van der Waals surface area contributed by atoms with Gasteiger partial charge in [0.05, 0.1) is 11.8 Å². The maximum Gasteiger partial charge on any atom is 0.261 e. The minimum absolute atomic E-state index is 0.275. The van der Waals surface area contributed by atoms with Gasteiger partial charge >= 0.3 is 0 Å². The molecule has 174 valence electrons. The molecule has 0 aliphatic carbocycles. The summed E-state index contributed by atoms with van der Waals surface area (Å²) in [4.78, 5) is 26.5. The van der Waals surface area contributed by atoms with Crippen molar-refractivity contribution in [2.45, 2.75) is 13.0 Å². The third kappa shape index (κ3) is 4.54. The number of fused-ring (bicyclic) bond motifs is 1. The highest BCUT2D eigenvalue weighted by Gasteiger charge is 2.35. The summed E-state index contributed by atoms with van der Waals surface area (Å²) in [6, 6.07) is 25.2. The molecule has 2 amide bonds. The first-order valence-corrected chi connectivity index (χ1v) is 11.4. The summed E-state index contributed by atoms with van der Waals surface area (Å²) >= 11 is 5.98. The summed E-state index contributed by atoms with van der Waals surface area (Å²) in [6.07, 6.45) is 1.52. The fraction of sp³-hybridized carbons (Fsp3) is 0.0741. The summed E-state index contributed by atoms with van der Waals surface area (Å²) in [7, 11) is 0. The monoisotopic (exact) mass is 483 g/mol. The van der Waals surface area contributed by atoms with Crippen LogP contribution >= 0.6 is 11.6 Å². The molecule has 2 heterocycles. The first kappa shape index (κ1) is 22.4. The normalized spacial score (nSPS) is 14.6. The summed E-state index contributed by atoms with van der Waals surface area (Å²) in [5, 5.41) is 14.2. The van der Waals surface area contributed by atoms with Crippen molar-refractivity contribution in [1.29, 1.82) is 0 Å². The minimum Gasteiger partial charge on any atom is -0.343 e. The summed E-state index contributed by atoms with van der Waals surface area (Å²) in [6.45, 7) is 1.82. The van der Waals surface area contributed by atoms with Gasteiger partial charge < -0.3 is 16.0 Å². The minimum atomic E-state index is -0.530. The molecule has 0 saturated heterocycles. The Hall–Kier alpha value is -4.36. The third-order valence-electron chi connectivity index (χ3n) is 5.76. The lowest BCUT2D eigenvalue weighted by Crippen LogP contribution is -2.32. The molecule has 5 rings (SSSR count). The van der Waals surface area contributed by atoms with E-state index in [1.165, 1.54) is 6.20 Å². The van der Waals surface area contributed by atoms with E-state index in [2.05, 4.69) is 21.0 Å². The van der Waals surface area contributed by atoms with Crippen molar-refractivity contribution in [1.82, 2.24) is 9.78 Å². The smallest absolute Gasteiger partial charge is 0.261 e. The zero-order valence-corrected chi connectivity index (χ0v) is 19.6. The highest BCUT2D eigenvalue weighted by Crippen LogP contribution is 2.38. The zero-order valence-electron chi connectivity index (χ0n) is 18.8. The predicted octanol–water partition coefficient (Wildman–Crippen LogP) is 5.72. The van der Waals surface area contributed by atoms with Gasteiger partial charge in [-0.05, 0) is 48.9 Å². The summed E-state index contributed by atoms with van der Waals surface area (Å²) in [5.74, 6) is -0.0472. The van der Waals surface area contributed by atoms with E-state index in [4.69, 9.17) is 11.6 Å². The molecule has 7 nitrogen and oxygen atoms in total. The van der Waals surface area contributed by atoms with Crippen molar-refractivity contribution < 1.29 is 9.59 Å². The number of para-hydroxylation sites is 1. The van der Waals surface area contributed by atoms with Crippen LogP contribution in [0.25, 0.3) is 0 Å². The highest BCUT2D eigenvalue weighted by molar-refractivity contribution is 6.30. The average Bonchev–Trinajstić information content (AvgIpc) is 3.29. The second-order valence-corrected chi connectivity index (χ2v) is 8.55. The highest BCUT2D eigenvalue weighted by atomic mass is 35.5. The Bertz CT molecular complexity index is 1410. The van der Waals surface area contributed by atoms with Gasteiger partial charge in [0.15, 0.2) is 0 Å². The number of benzene rings is 3. The Balaban J connectivity index is 1.52. The molecule has 1 aliphatic heterocycles. The lowest BCUT2D eigenvalue weighted by molar-refractivity contribution is -0.113. The van der Waals surface area contributed by atoms with Crippen molar-refractivity contribution in [3.63, 3.8) is 0 Å². The van der Waals surface area contributed by atoms with Crippen molar-refractivity contribution >= 4 is 40.6 Å². The molecular weight excluding hydrogens is 462 g/mol. The van der Waals surface area contributed by atoms with Gasteiger partial charge in [0.1, 0.15) is 17.4 Å². The molecule has 35 heavy (non-hydrogen) atoms. The first-order chi connectivity index (χ1) is 17.0. The van der Waals surface area contributed by atoms with E-state index in [-0.39, 0.29) is 11.8 Å². The van der Waals surface area contributed by atoms with Crippen molar-refractivity contribution in [2.24, 2.45) is 0 Å². The Morgan fingerprint density at radius 1 is 0.857 bits per heavy atom. The predicted molar refractivity (Wildman–Crippen MR) is 138 cm³/mol. The third-order valence-corrected chi connectivity index (χ3v) is 6.01. The Labute approximate surface area is 207 Å². The Kier molecular flexibility index (Phi) is 6.08. The van der Waals surface area contributed by atoms with Crippen LogP contribution in [0, 0.1) is 0 Å². The molecule has 1 aromatic heterocycles. The Morgan fingerprint density at radius 2 is 1.46 bits per heavy atom. The Morgan fingerprint density at radius 3 is 2.14 bits per heavy atom. The second kappa shape index (κ2) is 9.48. The fourth-order valence-electron chi connectivity index (χ4n) is 4.11. The zero-order chi connectivity index (χ0) is 24.4. The van der Waals surface area contributed by atoms with Gasteiger partial charge in [-0.1, -0.05) is 60.1 Å². The number of halogens is 1. The van der Waals surface area contributed by atoms with Gasteiger partial charge in [-0.25, -0.2) is 4.68 Å². The number of allylic oxidation sites excluding steroid dienone is 1. The molecule has 8 heteroatoms. The summed E-state index contributed by atoms with van der Waals surface area (Å²) in [5.41, 5.74) is 3.69. The van der Waals surface area contributed by atoms with Crippen LogP contribution in [0.15, 0.2) is 102 Å². The van der Waals surface area contributed by atoms with Crippen LogP contribution < -0.4 is 16.0 Å². The van der Waals surface area contributed by atoms with Crippen molar-refractivity contribution in [3.05, 3.63) is 119 Å². The molecule has 0 saturated carbocycles. The molecule has 3 N–H and O–H groups in total. The number of rotatable bonds is 5. The molecular formula is C27H22ClN5O2. The topological polar surface area (TPSA) is 88.0 Å². The lowest BCUT2D eigenvalue weighted by atomic mass is 9.94. The average molecular weight is 484 g/mol. The van der Waals surface area contributed by atoms with Gasteiger partial charge in [-0.15, -0.1) is 0 Å². The second-order valence-electron chi connectivity index (χ2n) is 8.11. The molecule has 0 fully saturated rings. The van der Waals surface area contributed by atoms with Gasteiger partial charge in [0.2, 0.25) is 0 Å². The van der Waals surface area contributed by atoms with Crippen LogP contribution in [0.2, 0.25) is 5.02 Å². The molecule has 0 bridgehead atoms. The number of hydrogen-bond acceptors (Lipinski definition) is 4. The summed E-state index contributed by atoms with van der Waals surface area (Å²) < 4.78 is 1.68. The molecule has 1 atom stereocenters.